The number of pyridine rings is 1. The van der Waals surface area contributed by atoms with Gasteiger partial charge in [-0.25, -0.2) is 4.57 Å². The van der Waals surface area contributed by atoms with E-state index in [2.05, 4.69) is 54.2 Å². The monoisotopic (exact) mass is 436 g/mol. The van der Waals surface area contributed by atoms with E-state index in [4.69, 9.17) is 4.55 Å². The molecule has 1 N–H and O–H groups in total. The van der Waals surface area contributed by atoms with Gasteiger partial charge in [0.25, 0.3) is 10.1 Å². The molecule has 1 saturated carbocycles. The fourth-order valence-corrected chi connectivity index (χ4v) is 11.2. The first-order valence-corrected chi connectivity index (χ1v) is 14.0. The number of fused-ring (bicyclic) bond motifs is 2. The maximum Gasteiger partial charge on any atom is 0.264 e. The zero-order chi connectivity index (χ0) is 19.7. The minimum atomic E-state index is -3.87. The van der Waals surface area contributed by atoms with Crippen molar-refractivity contribution in [2.24, 2.45) is 7.05 Å². The molecule has 0 amide bonds. The molecule has 7 heteroatoms. The maximum absolute atomic E-state index is 11.2. The van der Waals surface area contributed by atoms with E-state index in [1.807, 2.05) is 11.8 Å². The second-order valence-electron chi connectivity index (χ2n) is 7.72. The predicted octanol–water partition coefficient (Wildman–Crippen LogP) is 4.78. The average Bonchev–Trinajstić information content (AvgIpc) is 3.01. The van der Waals surface area contributed by atoms with Crippen LogP contribution in [-0.4, -0.2) is 35.8 Å². The van der Waals surface area contributed by atoms with Crippen molar-refractivity contribution in [2.75, 3.05) is 11.9 Å². The van der Waals surface area contributed by atoms with Crippen LogP contribution in [0.3, 0.4) is 0 Å². The first-order valence-electron chi connectivity index (χ1n) is 9.90. The van der Waals surface area contributed by atoms with Crippen molar-refractivity contribution < 1.29 is 17.5 Å². The molecule has 1 aromatic heterocycles. The molecule has 0 bridgehead atoms. The number of thioether (sulfide) groups is 1. The van der Waals surface area contributed by atoms with E-state index >= 15 is 0 Å². The van der Waals surface area contributed by atoms with Gasteiger partial charge in [0.15, 0.2) is 6.20 Å². The molecule has 4 rings (SSSR count). The lowest BCUT2D eigenvalue weighted by molar-refractivity contribution is -0.644. The summed E-state index contributed by atoms with van der Waals surface area (Å²) in [6.45, 7) is 0. The molecule has 1 aliphatic heterocycles. The van der Waals surface area contributed by atoms with E-state index in [0.29, 0.717) is 17.3 Å². The van der Waals surface area contributed by atoms with Crippen molar-refractivity contribution in [3.63, 3.8) is 0 Å². The Hall–Kier alpha value is -0.940. The fraction of sp³-hybridized carbons (Fsp3) is 0.476. The largest absolute Gasteiger partial charge is 0.286 e. The Labute approximate surface area is 172 Å². The Kier molecular flexibility index (Phi) is 6.12. The van der Waals surface area contributed by atoms with Gasteiger partial charge in [-0.05, 0) is 48.8 Å². The van der Waals surface area contributed by atoms with Gasteiger partial charge in [0.2, 0.25) is 5.52 Å². The quantitative estimate of drug-likeness (QED) is 0.416. The molecule has 2 aromatic rings. The van der Waals surface area contributed by atoms with E-state index in [9.17, 15) is 8.42 Å². The summed E-state index contributed by atoms with van der Waals surface area (Å²) in [5, 5.41) is 1.94. The summed E-state index contributed by atoms with van der Waals surface area (Å²) in [4.78, 5) is 0. The van der Waals surface area contributed by atoms with Crippen molar-refractivity contribution >= 4 is 46.8 Å². The summed E-state index contributed by atoms with van der Waals surface area (Å²) in [5.41, 5.74) is 3.16. The number of para-hydroxylation sites is 1. The van der Waals surface area contributed by atoms with E-state index in [1.54, 1.807) is 0 Å². The highest BCUT2D eigenvalue weighted by Gasteiger charge is 2.40. The van der Waals surface area contributed by atoms with Gasteiger partial charge in [0.1, 0.15) is 7.05 Å². The lowest BCUT2D eigenvalue weighted by atomic mass is 10.00. The molecule has 150 valence electrons. The zero-order valence-electron chi connectivity index (χ0n) is 16.1. The van der Waals surface area contributed by atoms with Gasteiger partial charge in [0.05, 0.1) is 11.1 Å². The molecule has 0 radical (unpaired) electrons. The molecular weight excluding hydrogens is 409 g/mol. The third kappa shape index (κ3) is 4.46. The molecule has 28 heavy (non-hydrogen) atoms. The molecule has 1 aliphatic carbocycles. The summed E-state index contributed by atoms with van der Waals surface area (Å²) < 4.78 is 35.1. The van der Waals surface area contributed by atoms with Crippen molar-refractivity contribution in [1.82, 2.24) is 0 Å². The molecule has 3 atom stereocenters. The van der Waals surface area contributed by atoms with Crippen LogP contribution in [0, 0.1) is 0 Å². The smallest absolute Gasteiger partial charge is 0.264 e. The van der Waals surface area contributed by atoms with Crippen molar-refractivity contribution in [3.8, 4) is 0 Å². The molecule has 3 unspecified atom stereocenters. The van der Waals surface area contributed by atoms with E-state index < -0.39 is 10.1 Å². The van der Waals surface area contributed by atoms with Gasteiger partial charge in [-0.1, -0.05) is 32.9 Å². The number of aromatic nitrogens is 1. The minimum Gasteiger partial charge on any atom is -0.286 e. The number of rotatable bonds is 5. The highest BCUT2D eigenvalue weighted by molar-refractivity contribution is 8.13. The van der Waals surface area contributed by atoms with Gasteiger partial charge in [-0.3, -0.25) is 4.55 Å². The lowest BCUT2D eigenvalue weighted by Crippen LogP contribution is -2.28. The SMILES string of the molecule is C[n+]1ccc(C=C2SC3CCCCC3P2CCCS(=O)(=O)O)c2ccccc21. The van der Waals surface area contributed by atoms with Gasteiger partial charge in [-0.2, -0.15) is 8.42 Å². The van der Waals surface area contributed by atoms with Crippen LogP contribution in [0.4, 0.5) is 0 Å². The van der Waals surface area contributed by atoms with Crippen LogP contribution >= 0.6 is 19.7 Å². The highest BCUT2D eigenvalue weighted by atomic mass is 32.2. The number of hydrogen-bond acceptors (Lipinski definition) is 3. The third-order valence-corrected chi connectivity index (χ3v) is 11.9. The Balaban J connectivity index is 1.67. The fourth-order valence-electron chi connectivity index (χ4n) is 4.41. The molecule has 0 spiro atoms. The lowest BCUT2D eigenvalue weighted by Gasteiger charge is -2.28. The molecule has 2 heterocycles. The number of hydrogen-bond donors (Lipinski definition) is 1. The molecule has 1 aromatic carbocycles. The van der Waals surface area contributed by atoms with Crippen LogP contribution < -0.4 is 4.57 Å². The van der Waals surface area contributed by atoms with Crippen LogP contribution in [0.25, 0.3) is 17.0 Å². The van der Waals surface area contributed by atoms with Crippen molar-refractivity contribution in [3.05, 3.63) is 46.7 Å². The molecule has 4 nitrogen and oxygen atoms in total. The topological polar surface area (TPSA) is 58.2 Å². The maximum atomic E-state index is 11.2. The van der Waals surface area contributed by atoms with Crippen LogP contribution in [0.15, 0.2) is 41.2 Å². The van der Waals surface area contributed by atoms with Crippen LogP contribution in [0.5, 0.6) is 0 Å². The summed E-state index contributed by atoms with van der Waals surface area (Å²) in [6.07, 6.45) is 11.1. The normalized spacial score (nSPS) is 26.6. The molecule has 2 aliphatic rings. The van der Waals surface area contributed by atoms with Crippen LogP contribution in [-0.2, 0) is 17.2 Å². The first-order chi connectivity index (χ1) is 13.4. The predicted molar refractivity (Wildman–Crippen MR) is 120 cm³/mol. The van der Waals surface area contributed by atoms with Gasteiger partial charge in [0, 0.05) is 22.0 Å². The van der Waals surface area contributed by atoms with E-state index in [0.717, 1.165) is 6.16 Å². The molecule has 1 saturated heterocycles. The van der Waals surface area contributed by atoms with Crippen LogP contribution in [0.2, 0.25) is 0 Å². The summed E-state index contributed by atoms with van der Waals surface area (Å²) in [7, 11) is -2.17. The first kappa shape index (κ1) is 20.3. The van der Waals surface area contributed by atoms with E-state index in [1.165, 1.54) is 46.8 Å². The Bertz CT molecular complexity index is 1010. The summed E-state index contributed by atoms with van der Waals surface area (Å²) >= 11 is 2.04. The average molecular weight is 437 g/mol. The number of nitrogens with zero attached hydrogens (tertiary/aromatic N) is 1. The molecular formula is C21H27NO3PS2+. The highest BCUT2D eigenvalue weighted by Crippen LogP contribution is 2.68. The van der Waals surface area contributed by atoms with Crippen LogP contribution in [0.1, 0.15) is 37.7 Å². The van der Waals surface area contributed by atoms with Gasteiger partial charge in [-0.15, -0.1) is 11.8 Å². The van der Waals surface area contributed by atoms with Gasteiger partial charge >= 0.3 is 0 Å². The zero-order valence-corrected chi connectivity index (χ0v) is 18.6. The molecule has 2 fully saturated rings. The Morgan fingerprint density at radius 1 is 1.25 bits per heavy atom. The van der Waals surface area contributed by atoms with Crippen molar-refractivity contribution in [2.45, 2.75) is 43.0 Å². The van der Waals surface area contributed by atoms with Crippen molar-refractivity contribution in [1.29, 1.82) is 0 Å². The Morgan fingerprint density at radius 2 is 2.04 bits per heavy atom. The van der Waals surface area contributed by atoms with Gasteiger partial charge < -0.3 is 0 Å². The Morgan fingerprint density at radius 3 is 2.86 bits per heavy atom. The second-order valence-corrected chi connectivity index (χ2v) is 13.4. The summed E-state index contributed by atoms with van der Waals surface area (Å²) in [6, 6.07) is 10.7. The number of benzene rings is 1. The standard InChI is InChI=1S/C21H26NO3PS2/c1-22-12-11-16(17-7-2-3-8-18(17)22)15-21-26(13-6-14-28(23,24)25)19-9-4-5-10-20(19)27-21/h2-3,7-8,11-12,15,19-20H,4-6,9-10,13-14H2,1H3/p+1. The second kappa shape index (κ2) is 8.43. The third-order valence-electron chi connectivity index (χ3n) is 5.78. The summed E-state index contributed by atoms with van der Waals surface area (Å²) in [5.74, 6) is -0.120. The van der Waals surface area contributed by atoms with E-state index in [-0.39, 0.29) is 13.7 Å². The minimum absolute atomic E-state index is 0.120. The number of aryl methyl sites for hydroxylation is 1.